The number of nitrogens with two attached hydrogens (primary N) is 1. The molecule has 1 atom stereocenters. The second kappa shape index (κ2) is 3.29. The van der Waals surface area contributed by atoms with Gasteiger partial charge >= 0.3 is 0 Å². The third-order valence-corrected chi connectivity index (χ3v) is 2.96. The van der Waals surface area contributed by atoms with E-state index in [1.807, 2.05) is 0 Å². The molecular formula is C10H14FN3. The average Bonchev–Trinajstić information content (AvgIpc) is 2.85. The van der Waals surface area contributed by atoms with Gasteiger partial charge in [-0.1, -0.05) is 6.92 Å². The number of hydrogen-bond acceptors (Lipinski definition) is 3. The summed E-state index contributed by atoms with van der Waals surface area (Å²) in [5.74, 6) is 5.17. The van der Waals surface area contributed by atoms with E-state index in [1.165, 1.54) is 12.3 Å². The van der Waals surface area contributed by atoms with Crippen molar-refractivity contribution in [3.63, 3.8) is 0 Å². The number of rotatable bonds is 3. The second-order valence-corrected chi connectivity index (χ2v) is 4.19. The Morgan fingerprint density at radius 1 is 1.57 bits per heavy atom. The molecule has 1 aromatic heterocycles. The van der Waals surface area contributed by atoms with Crippen LogP contribution in [0, 0.1) is 11.2 Å². The lowest BCUT2D eigenvalue weighted by atomic mass is 9.93. The lowest BCUT2D eigenvalue weighted by Gasteiger charge is -2.22. The van der Waals surface area contributed by atoms with Crippen molar-refractivity contribution in [2.45, 2.75) is 25.8 Å². The van der Waals surface area contributed by atoms with E-state index in [0.29, 0.717) is 0 Å². The van der Waals surface area contributed by atoms with Gasteiger partial charge < -0.3 is 0 Å². The number of pyridine rings is 1. The van der Waals surface area contributed by atoms with Crippen molar-refractivity contribution in [3.8, 4) is 0 Å². The number of nitrogens with one attached hydrogen (secondary N) is 1. The molecule has 0 saturated heterocycles. The smallest absolute Gasteiger partial charge is 0.141 e. The highest BCUT2D eigenvalue weighted by Gasteiger charge is 2.45. The van der Waals surface area contributed by atoms with E-state index in [1.54, 1.807) is 6.20 Å². The summed E-state index contributed by atoms with van der Waals surface area (Å²) in [4.78, 5) is 3.82. The molecule has 0 bridgehead atoms. The summed E-state index contributed by atoms with van der Waals surface area (Å²) < 4.78 is 12.9. The second-order valence-electron chi connectivity index (χ2n) is 4.19. The number of hydrogen-bond donors (Lipinski definition) is 2. The van der Waals surface area contributed by atoms with E-state index in [4.69, 9.17) is 5.84 Å². The molecule has 76 valence electrons. The molecule has 2 rings (SSSR count). The zero-order chi connectivity index (χ0) is 10.2. The highest BCUT2D eigenvalue weighted by Crippen LogP contribution is 2.53. The van der Waals surface area contributed by atoms with Gasteiger partial charge in [0.25, 0.3) is 0 Å². The van der Waals surface area contributed by atoms with Crippen LogP contribution in [-0.4, -0.2) is 4.98 Å². The van der Waals surface area contributed by atoms with Gasteiger partial charge in [0.1, 0.15) is 5.82 Å². The molecule has 1 saturated carbocycles. The van der Waals surface area contributed by atoms with Crippen molar-refractivity contribution >= 4 is 0 Å². The van der Waals surface area contributed by atoms with Crippen LogP contribution >= 0.6 is 0 Å². The first kappa shape index (κ1) is 9.55. The molecule has 0 aliphatic heterocycles. The molecule has 0 amide bonds. The van der Waals surface area contributed by atoms with Crippen LogP contribution in [0.1, 0.15) is 31.4 Å². The molecule has 1 aromatic rings. The molecule has 3 nitrogen and oxygen atoms in total. The van der Waals surface area contributed by atoms with Gasteiger partial charge in [-0.15, -0.1) is 0 Å². The summed E-state index contributed by atoms with van der Waals surface area (Å²) in [5, 5.41) is 0. The maximum absolute atomic E-state index is 12.9. The Labute approximate surface area is 82.5 Å². The fourth-order valence-electron chi connectivity index (χ4n) is 1.77. The largest absolute Gasteiger partial charge is 0.271 e. The van der Waals surface area contributed by atoms with Gasteiger partial charge in [0, 0.05) is 6.20 Å². The van der Waals surface area contributed by atoms with Gasteiger partial charge in [-0.3, -0.25) is 16.3 Å². The fraction of sp³-hybridized carbons (Fsp3) is 0.500. The highest BCUT2D eigenvalue weighted by molar-refractivity contribution is 5.20. The van der Waals surface area contributed by atoms with E-state index in [9.17, 15) is 4.39 Å². The van der Waals surface area contributed by atoms with Gasteiger partial charge in [-0.05, 0) is 29.9 Å². The maximum Gasteiger partial charge on any atom is 0.141 e. The molecule has 1 aliphatic carbocycles. The van der Waals surface area contributed by atoms with Crippen LogP contribution < -0.4 is 11.3 Å². The lowest BCUT2D eigenvalue weighted by molar-refractivity contribution is 0.370. The molecule has 0 spiro atoms. The van der Waals surface area contributed by atoms with Crippen molar-refractivity contribution in [1.29, 1.82) is 0 Å². The predicted octanol–water partition coefficient (Wildman–Crippen LogP) is 1.53. The van der Waals surface area contributed by atoms with Crippen LogP contribution in [0.15, 0.2) is 18.5 Å². The third kappa shape index (κ3) is 1.63. The quantitative estimate of drug-likeness (QED) is 0.568. The van der Waals surface area contributed by atoms with Crippen LogP contribution in [0.3, 0.4) is 0 Å². The molecule has 0 radical (unpaired) electrons. The van der Waals surface area contributed by atoms with Gasteiger partial charge in [0.05, 0.1) is 12.2 Å². The van der Waals surface area contributed by atoms with E-state index < -0.39 is 0 Å². The van der Waals surface area contributed by atoms with Gasteiger partial charge in [-0.2, -0.15) is 0 Å². The summed E-state index contributed by atoms with van der Waals surface area (Å²) in [7, 11) is 0. The first-order valence-electron chi connectivity index (χ1n) is 4.72. The van der Waals surface area contributed by atoms with Gasteiger partial charge in [0.2, 0.25) is 0 Å². The van der Waals surface area contributed by atoms with Crippen LogP contribution in [0.2, 0.25) is 0 Å². The molecular weight excluding hydrogens is 181 g/mol. The number of nitrogens with zero attached hydrogens (tertiary/aromatic N) is 1. The van der Waals surface area contributed by atoms with Crippen LogP contribution in [-0.2, 0) is 0 Å². The zero-order valence-electron chi connectivity index (χ0n) is 8.13. The van der Waals surface area contributed by atoms with Crippen molar-refractivity contribution in [2.24, 2.45) is 11.3 Å². The fourth-order valence-corrected chi connectivity index (χ4v) is 1.77. The van der Waals surface area contributed by atoms with E-state index >= 15 is 0 Å². The number of hydrazine groups is 1. The number of aromatic nitrogens is 1. The van der Waals surface area contributed by atoms with Crippen LogP contribution in [0.4, 0.5) is 4.39 Å². The molecule has 4 heteroatoms. The van der Waals surface area contributed by atoms with Crippen molar-refractivity contribution in [1.82, 2.24) is 10.4 Å². The summed E-state index contributed by atoms with van der Waals surface area (Å²) in [6, 6.07) is 1.49. The van der Waals surface area contributed by atoms with Crippen LogP contribution in [0.25, 0.3) is 0 Å². The molecule has 14 heavy (non-hydrogen) atoms. The SMILES string of the molecule is CC1(C(NN)c2cncc(F)c2)CC1. The summed E-state index contributed by atoms with van der Waals surface area (Å²) in [6.45, 7) is 2.14. The molecule has 1 unspecified atom stereocenters. The third-order valence-electron chi connectivity index (χ3n) is 2.96. The van der Waals surface area contributed by atoms with Crippen LogP contribution in [0.5, 0.6) is 0 Å². The van der Waals surface area contributed by atoms with E-state index in [2.05, 4.69) is 17.3 Å². The van der Waals surface area contributed by atoms with Crippen molar-refractivity contribution in [3.05, 3.63) is 29.8 Å². The highest BCUT2D eigenvalue weighted by atomic mass is 19.1. The molecule has 0 aromatic carbocycles. The lowest BCUT2D eigenvalue weighted by Crippen LogP contribution is -2.33. The Kier molecular flexibility index (Phi) is 2.25. The Hall–Kier alpha value is -1.00. The maximum atomic E-state index is 12.9. The Morgan fingerprint density at radius 2 is 2.29 bits per heavy atom. The van der Waals surface area contributed by atoms with Crippen molar-refractivity contribution < 1.29 is 4.39 Å². The topological polar surface area (TPSA) is 50.9 Å². The Bertz CT molecular complexity index is 336. The standard InChI is InChI=1S/C10H14FN3/c1-10(2-3-10)9(14-12)7-4-8(11)6-13-5-7/h4-6,9,14H,2-3,12H2,1H3. The average molecular weight is 195 g/mol. The zero-order valence-corrected chi connectivity index (χ0v) is 8.13. The van der Waals surface area contributed by atoms with E-state index in [-0.39, 0.29) is 17.3 Å². The van der Waals surface area contributed by atoms with Crippen molar-refractivity contribution in [2.75, 3.05) is 0 Å². The first-order valence-corrected chi connectivity index (χ1v) is 4.72. The minimum Gasteiger partial charge on any atom is -0.271 e. The number of halogens is 1. The first-order chi connectivity index (χ1) is 6.65. The summed E-state index contributed by atoms with van der Waals surface area (Å²) >= 11 is 0. The minimum absolute atomic E-state index is 0.00528. The molecule has 3 N–H and O–H groups in total. The van der Waals surface area contributed by atoms with Gasteiger partial charge in [-0.25, -0.2) is 4.39 Å². The molecule has 1 aliphatic rings. The summed E-state index contributed by atoms with van der Waals surface area (Å²) in [5.41, 5.74) is 3.74. The normalized spacial score (nSPS) is 20.5. The predicted molar refractivity (Wildman–Crippen MR) is 51.6 cm³/mol. The summed E-state index contributed by atoms with van der Waals surface area (Å²) in [6.07, 6.45) is 5.11. The monoisotopic (exact) mass is 195 g/mol. The van der Waals surface area contributed by atoms with Gasteiger partial charge in [0.15, 0.2) is 0 Å². The Balaban J connectivity index is 2.27. The van der Waals surface area contributed by atoms with E-state index in [0.717, 1.165) is 18.4 Å². The molecule has 1 heterocycles. The molecule has 1 fully saturated rings. The Morgan fingerprint density at radius 3 is 2.79 bits per heavy atom. The minimum atomic E-state index is -0.313.